The molecule has 12 heavy (non-hydrogen) atoms. The molecule has 2 nitrogen and oxygen atoms in total. The van der Waals surface area contributed by atoms with Gasteiger partial charge in [0, 0.05) is 12.0 Å². The molecule has 2 heteroatoms. The average molecular weight is 173 g/mol. The third kappa shape index (κ3) is 1.80. The minimum absolute atomic E-state index is 0.0602. The molecule has 0 aromatic rings. The minimum atomic E-state index is -0.146. The summed E-state index contributed by atoms with van der Waals surface area (Å²) in [5, 5.41) is 9.40. The normalized spacial score (nSPS) is 18.0. The smallest absolute Gasteiger partial charge is 0.0507 e. The molecule has 74 valence electrons. The second-order valence-electron chi connectivity index (χ2n) is 4.92. The lowest BCUT2D eigenvalue weighted by atomic mass is 9.61. The summed E-state index contributed by atoms with van der Waals surface area (Å²) in [7, 11) is 0. The van der Waals surface area contributed by atoms with Gasteiger partial charge in [0.25, 0.3) is 0 Å². The van der Waals surface area contributed by atoms with Crippen molar-refractivity contribution in [3.05, 3.63) is 0 Å². The molecule has 0 rings (SSSR count). The molecule has 0 aliphatic heterocycles. The van der Waals surface area contributed by atoms with Gasteiger partial charge in [-0.15, -0.1) is 0 Å². The molecule has 0 amide bonds. The molecule has 0 heterocycles. The van der Waals surface area contributed by atoms with Crippen molar-refractivity contribution in [3.63, 3.8) is 0 Å². The van der Waals surface area contributed by atoms with Crippen molar-refractivity contribution in [1.29, 1.82) is 0 Å². The van der Waals surface area contributed by atoms with E-state index in [0.717, 1.165) is 0 Å². The Morgan fingerprint density at radius 2 is 1.67 bits per heavy atom. The van der Waals surface area contributed by atoms with Gasteiger partial charge in [-0.05, 0) is 11.3 Å². The fourth-order valence-electron chi connectivity index (χ4n) is 1.89. The summed E-state index contributed by atoms with van der Waals surface area (Å²) in [5.41, 5.74) is 5.66. The fraction of sp³-hybridized carbons (Fsp3) is 1.00. The van der Waals surface area contributed by atoms with E-state index < -0.39 is 0 Å². The first-order chi connectivity index (χ1) is 5.31. The molecule has 0 saturated heterocycles. The van der Waals surface area contributed by atoms with Crippen LogP contribution in [0.5, 0.6) is 0 Å². The van der Waals surface area contributed by atoms with Gasteiger partial charge in [0.15, 0.2) is 0 Å². The maximum Gasteiger partial charge on any atom is 0.0507 e. The van der Waals surface area contributed by atoms with E-state index in [9.17, 15) is 5.11 Å². The Kier molecular flexibility index (Phi) is 3.73. The highest BCUT2D eigenvalue weighted by Crippen LogP contribution is 2.43. The molecular formula is C10H23NO. The van der Waals surface area contributed by atoms with Crippen LogP contribution < -0.4 is 5.73 Å². The zero-order chi connectivity index (χ0) is 9.99. The molecule has 1 unspecified atom stereocenters. The summed E-state index contributed by atoms with van der Waals surface area (Å²) < 4.78 is 0. The molecule has 0 fully saturated rings. The molecular weight excluding hydrogens is 150 g/mol. The predicted octanol–water partition coefficient (Wildman–Crippen LogP) is 1.63. The third-order valence-corrected chi connectivity index (χ3v) is 3.25. The lowest BCUT2D eigenvalue weighted by Crippen LogP contribution is -2.49. The Morgan fingerprint density at radius 1 is 1.25 bits per heavy atom. The monoisotopic (exact) mass is 173 g/mol. The molecule has 3 N–H and O–H groups in total. The Labute approximate surface area is 76.2 Å². The molecule has 0 radical (unpaired) electrons. The first-order valence-electron chi connectivity index (χ1n) is 4.62. The lowest BCUT2D eigenvalue weighted by Gasteiger charge is -2.46. The molecule has 1 atom stereocenters. The largest absolute Gasteiger partial charge is 0.396 e. The van der Waals surface area contributed by atoms with Crippen LogP contribution in [-0.4, -0.2) is 18.3 Å². The molecule has 0 aliphatic carbocycles. The highest BCUT2D eigenvalue weighted by molar-refractivity contribution is 4.92. The quantitative estimate of drug-likeness (QED) is 0.681. The van der Waals surface area contributed by atoms with Crippen LogP contribution >= 0.6 is 0 Å². The second kappa shape index (κ2) is 3.75. The van der Waals surface area contributed by atoms with Crippen molar-refractivity contribution in [1.82, 2.24) is 0 Å². The highest BCUT2D eigenvalue weighted by atomic mass is 16.3. The van der Waals surface area contributed by atoms with Gasteiger partial charge in [-0.1, -0.05) is 34.6 Å². The van der Waals surface area contributed by atoms with Crippen molar-refractivity contribution in [2.45, 2.75) is 34.6 Å². The van der Waals surface area contributed by atoms with Crippen molar-refractivity contribution < 1.29 is 5.11 Å². The van der Waals surface area contributed by atoms with Gasteiger partial charge in [0.1, 0.15) is 0 Å². The molecule has 0 spiro atoms. The summed E-state index contributed by atoms with van der Waals surface area (Å²) >= 11 is 0. The van der Waals surface area contributed by atoms with Crippen LogP contribution in [0.1, 0.15) is 34.6 Å². The maximum absolute atomic E-state index is 9.40. The second-order valence-corrected chi connectivity index (χ2v) is 4.92. The predicted molar refractivity (Wildman–Crippen MR) is 52.9 cm³/mol. The summed E-state index contributed by atoms with van der Waals surface area (Å²) in [5.74, 6) is 0.410. The van der Waals surface area contributed by atoms with Crippen molar-refractivity contribution in [3.8, 4) is 0 Å². The van der Waals surface area contributed by atoms with Crippen LogP contribution in [0.3, 0.4) is 0 Å². The van der Waals surface area contributed by atoms with Gasteiger partial charge < -0.3 is 10.8 Å². The topological polar surface area (TPSA) is 46.2 Å². The molecule has 0 aliphatic rings. The Hall–Kier alpha value is -0.0800. The van der Waals surface area contributed by atoms with Gasteiger partial charge in [-0.2, -0.15) is 0 Å². The summed E-state index contributed by atoms with van der Waals surface area (Å²) in [6.07, 6.45) is 0. The first kappa shape index (κ1) is 11.9. The molecule has 0 saturated carbocycles. The summed E-state index contributed by atoms with van der Waals surface area (Å²) in [4.78, 5) is 0. The van der Waals surface area contributed by atoms with Gasteiger partial charge in [-0.25, -0.2) is 0 Å². The number of aliphatic hydroxyl groups excluding tert-OH is 1. The van der Waals surface area contributed by atoms with Crippen molar-refractivity contribution in [2.24, 2.45) is 22.5 Å². The van der Waals surface area contributed by atoms with E-state index >= 15 is 0 Å². The Bertz CT molecular complexity index is 131. The van der Waals surface area contributed by atoms with E-state index in [1.165, 1.54) is 0 Å². The minimum Gasteiger partial charge on any atom is -0.396 e. The van der Waals surface area contributed by atoms with Gasteiger partial charge in [0.2, 0.25) is 0 Å². The lowest BCUT2D eigenvalue weighted by molar-refractivity contribution is -0.0181. The van der Waals surface area contributed by atoms with Crippen molar-refractivity contribution in [2.75, 3.05) is 13.2 Å². The van der Waals surface area contributed by atoms with E-state index in [1.54, 1.807) is 0 Å². The maximum atomic E-state index is 9.40. The van der Waals surface area contributed by atoms with E-state index in [0.29, 0.717) is 12.5 Å². The molecule has 0 aromatic carbocycles. The fourth-order valence-corrected chi connectivity index (χ4v) is 1.89. The SMILES string of the molecule is CC(C)C(CN)(CO)C(C)(C)C. The molecule has 0 aromatic heterocycles. The van der Waals surface area contributed by atoms with Crippen LogP contribution in [0.15, 0.2) is 0 Å². The van der Waals surface area contributed by atoms with E-state index in [2.05, 4.69) is 34.6 Å². The van der Waals surface area contributed by atoms with E-state index in [-0.39, 0.29) is 17.4 Å². The van der Waals surface area contributed by atoms with E-state index in [4.69, 9.17) is 5.73 Å². The van der Waals surface area contributed by atoms with E-state index in [1.807, 2.05) is 0 Å². The average Bonchev–Trinajstić information content (AvgIpc) is 1.87. The van der Waals surface area contributed by atoms with Crippen LogP contribution in [0.2, 0.25) is 0 Å². The van der Waals surface area contributed by atoms with Gasteiger partial charge in [0.05, 0.1) is 6.61 Å². The molecule has 0 bridgehead atoms. The number of hydrogen-bond acceptors (Lipinski definition) is 2. The number of hydrogen-bond donors (Lipinski definition) is 2. The highest BCUT2D eigenvalue weighted by Gasteiger charge is 2.42. The zero-order valence-electron chi connectivity index (χ0n) is 9.02. The number of nitrogens with two attached hydrogens (primary N) is 1. The Balaban J connectivity index is 4.83. The van der Waals surface area contributed by atoms with Crippen LogP contribution in [0.4, 0.5) is 0 Å². The van der Waals surface area contributed by atoms with Crippen LogP contribution in [-0.2, 0) is 0 Å². The number of rotatable bonds is 3. The standard InChI is InChI=1S/C10H23NO/c1-8(2)10(6-11,7-12)9(3,4)5/h8,12H,6-7,11H2,1-5H3. The first-order valence-corrected chi connectivity index (χ1v) is 4.62. The number of aliphatic hydroxyl groups is 1. The van der Waals surface area contributed by atoms with Crippen LogP contribution in [0, 0.1) is 16.7 Å². The third-order valence-electron chi connectivity index (χ3n) is 3.25. The Morgan fingerprint density at radius 3 is 1.67 bits per heavy atom. The summed E-state index contributed by atoms with van der Waals surface area (Å²) in [6, 6.07) is 0. The zero-order valence-corrected chi connectivity index (χ0v) is 9.02. The van der Waals surface area contributed by atoms with Crippen molar-refractivity contribution >= 4 is 0 Å². The van der Waals surface area contributed by atoms with Crippen LogP contribution in [0.25, 0.3) is 0 Å². The van der Waals surface area contributed by atoms with Gasteiger partial charge in [-0.3, -0.25) is 0 Å². The van der Waals surface area contributed by atoms with Gasteiger partial charge >= 0.3 is 0 Å². The summed E-state index contributed by atoms with van der Waals surface area (Å²) in [6.45, 7) is 11.4.